The first-order valence-corrected chi connectivity index (χ1v) is 6.58. The van der Waals surface area contributed by atoms with Crippen LogP contribution in [0.2, 0.25) is 5.02 Å². The first-order chi connectivity index (χ1) is 9.00. The smallest absolute Gasteiger partial charge is 0.0507 e. The Bertz CT molecular complexity index is 618. The van der Waals surface area contributed by atoms with Gasteiger partial charge in [0, 0.05) is 28.0 Å². The Morgan fingerprint density at radius 2 is 2.05 bits per heavy atom. The predicted molar refractivity (Wildman–Crippen MR) is 82.0 cm³/mol. The summed E-state index contributed by atoms with van der Waals surface area (Å²) in [5.41, 5.74) is 10.2. The highest BCUT2D eigenvalue weighted by molar-refractivity contribution is 6.32. The maximum atomic E-state index is 6.12. The van der Waals surface area contributed by atoms with Gasteiger partial charge in [-0.05, 0) is 29.7 Å². The summed E-state index contributed by atoms with van der Waals surface area (Å²) in [6.07, 6.45) is 1.82. The van der Waals surface area contributed by atoms with Crippen LogP contribution in [0, 0.1) is 0 Å². The normalized spacial score (nSPS) is 10.7. The number of halogens is 1. The van der Waals surface area contributed by atoms with E-state index in [0.29, 0.717) is 16.6 Å². The lowest BCUT2D eigenvalue weighted by Gasteiger charge is -2.13. The lowest BCUT2D eigenvalue weighted by Crippen LogP contribution is -1.98. The van der Waals surface area contributed by atoms with Gasteiger partial charge in [-0.25, -0.2) is 0 Å². The number of aromatic nitrogens is 1. The molecule has 0 saturated heterocycles. The van der Waals surface area contributed by atoms with E-state index in [-0.39, 0.29) is 0 Å². The van der Waals surface area contributed by atoms with Crippen LogP contribution < -0.4 is 5.73 Å². The van der Waals surface area contributed by atoms with Crippen molar-refractivity contribution in [3.63, 3.8) is 0 Å². The van der Waals surface area contributed by atoms with Crippen LogP contribution in [0.5, 0.6) is 0 Å². The van der Waals surface area contributed by atoms with Crippen molar-refractivity contribution in [3.8, 4) is 11.1 Å². The molecule has 3 heteroatoms. The molecule has 1 aromatic carbocycles. The van der Waals surface area contributed by atoms with Crippen molar-refractivity contribution < 1.29 is 0 Å². The number of hydrogen-bond donors (Lipinski definition) is 1. The molecule has 2 rings (SSSR count). The first kappa shape index (κ1) is 13.6. The lowest BCUT2D eigenvalue weighted by atomic mass is 9.96. The number of hydrogen-bond acceptors (Lipinski definition) is 2. The molecular formula is C16H17ClN2. The maximum Gasteiger partial charge on any atom is 0.0507 e. The van der Waals surface area contributed by atoms with Crippen molar-refractivity contribution in [1.29, 1.82) is 0 Å². The van der Waals surface area contributed by atoms with Crippen LogP contribution in [-0.4, -0.2) is 4.98 Å². The molecule has 1 aromatic heterocycles. The first-order valence-electron chi connectivity index (χ1n) is 6.20. The molecule has 0 saturated carbocycles. The highest BCUT2D eigenvalue weighted by Crippen LogP contribution is 2.31. The Morgan fingerprint density at radius 3 is 2.68 bits per heavy atom. The van der Waals surface area contributed by atoms with Gasteiger partial charge in [0.1, 0.15) is 0 Å². The topological polar surface area (TPSA) is 38.9 Å². The molecule has 0 amide bonds. The highest BCUT2D eigenvalue weighted by atomic mass is 35.5. The van der Waals surface area contributed by atoms with E-state index in [9.17, 15) is 0 Å². The molecule has 2 N–H and O–H groups in total. The highest BCUT2D eigenvalue weighted by Gasteiger charge is 2.11. The summed E-state index contributed by atoms with van der Waals surface area (Å²) >= 11 is 6.12. The summed E-state index contributed by atoms with van der Waals surface area (Å²) < 4.78 is 0. The summed E-state index contributed by atoms with van der Waals surface area (Å²) in [6, 6.07) is 9.80. The fourth-order valence-corrected chi connectivity index (χ4v) is 2.30. The van der Waals surface area contributed by atoms with Crippen LogP contribution >= 0.6 is 11.6 Å². The average molecular weight is 273 g/mol. The third kappa shape index (κ3) is 2.79. The Morgan fingerprint density at radius 1 is 1.32 bits per heavy atom. The van der Waals surface area contributed by atoms with E-state index in [4.69, 9.17) is 17.3 Å². The van der Waals surface area contributed by atoms with E-state index in [1.165, 1.54) is 0 Å². The minimum Gasteiger partial charge on any atom is -0.399 e. The summed E-state index contributed by atoms with van der Waals surface area (Å²) in [5, 5.41) is 0.617. The summed E-state index contributed by atoms with van der Waals surface area (Å²) in [4.78, 5) is 4.46. The van der Waals surface area contributed by atoms with E-state index in [0.717, 1.165) is 22.4 Å². The number of pyridine rings is 1. The number of rotatable bonds is 3. The van der Waals surface area contributed by atoms with Crippen LogP contribution in [-0.2, 0) is 0 Å². The number of nitrogens with two attached hydrogens (primary N) is 1. The second-order valence-electron chi connectivity index (χ2n) is 4.81. The predicted octanol–water partition coefficient (Wildman–Crippen LogP) is 4.45. The van der Waals surface area contributed by atoms with E-state index < -0.39 is 0 Å². The molecule has 0 aliphatic rings. The molecule has 0 spiro atoms. The Kier molecular flexibility index (Phi) is 3.91. The third-order valence-corrected chi connectivity index (χ3v) is 3.34. The zero-order valence-corrected chi connectivity index (χ0v) is 11.9. The Balaban J connectivity index is 2.60. The van der Waals surface area contributed by atoms with Crippen LogP contribution in [0.4, 0.5) is 0 Å². The van der Waals surface area contributed by atoms with Gasteiger partial charge in [0.15, 0.2) is 0 Å². The minimum absolute atomic E-state index is 0.358. The summed E-state index contributed by atoms with van der Waals surface area (Å²) in [6.45, 7) is 8.02. The van der Waals surface area contributed by atoms with Crippen molar-refractivity contribution in [2.24, 2.45) is 5.73 Å². The SMILES string of the molecule is C=C(N)c1cc(-c2cccnc2C(C)C)ccc1Cl. The van der Waals surface area contributed by atoms with Crippen LogP contribution in [0.1, 0.15) is 31.0 Å². The molecule has 0 aliphatic carbocycles. The number of nitrogens with zero attached hydrogens (tertiary/aromatic N) is 1. The van der Waals surface area contributed by atoms with Gasteiger partial charge in [0.25, 0.3) is 0 Å². The van der Waals surface area contributed by atoms with Gasteiger partial charge in [-0.2, -0.15) is 0 Å². The van der Waals surface area contributed by atoms with Crippen molar-refractivity contribution in [2.75, 3.05) is 0 Å². The molecular weight excluding hydrogens is 256 g/mol. The largest absolute Gasteiger partial charge is 0.399 e. The van der Waals surface area contributed by atoms with Gasteiger partial charge >= 0.3 is 0 Å². The van der Waals surface area contributed by atoms with Crippen LogP contribution in [0.3, 0.4) is 0 Å². The quantitative estimate of drug-likeness (QED) is 0.896. The molecule has 0 bridgehead atoms. The Labute approximate surface area is 118 Å². The number of benzene rings is 1. The van der Waals surface area contributed by atoms with Crippen molar-refractivity contribution in [1.82, 2.24) is 4.98 Å². The van der Waals surface area contributed by atoms with Crippen molar-refractivity contribution in [3.05, 3.63) is 59.4 Å². The summed E-state index contributed by atoms with van der Waals surface area (Å²) in [5.74, 6) is 0.358. The van der Waals surface area contributed by atoms with E-state index in [1.807, 2.05) is 30.5 Å². The van der Waals surface area contributed by atoms with Gasteiger partial charge in [0.05, 0.1) is 5.69 Å². The molecule has 98 valence electrons. The van der Waals surface area contributed by atoms with E-state index >= 15 is 0 Å². The molecule has 0 fully saturated rings. The second kappa shape index (κ2) is 5.45. The fraction of sp³-hybridized carbons (Fsp3) is 0.188. The van der Waals surface area contributed by atoms with Gasteiger partial charge in [-0.1, -0.05) is 44.2 Å². The molecule has 0 atom stereocenters. The van der Waals surface area contributed by atoms with Crippen LogP contribution in [0.15, 0.2) is 43.1 Å². The zero-order chi connectivity index (χ0) is 14.0. The molecule has 2 nitrogen and oxygen atoms in total. The molecule has 0 radical (unpaired) electrons. The Hall–Kier alpha value is -1.80. The van der Waals surface area contributed by atoms with Gasteiger partial charge in [0.2, 0.25) is 0 Å². The van der Waals surface area contributed by atoms with E-state index in [1.54, 1.807) is 0 Å². The minimum atomic E-state index is 0.358. The summed E-state index contributed by atoms with van der Waals surface area (Å²) in [7, 11) is 0. The molecule has 0 unspecified atom stereocenters. The zero-order valence-electron chi connectivity index (χ0n) is 11.2. The van der Waals surface area contributed by atoms with Crippen molar-refractivity contribution in [2.45, 2.75) is 19.8 Å². The fourth-order valence-electron chi connectivity index (χ4n) is 2.06. The second-order valence-corrected chi connectivity index (χ2v) is 5.22. The lowest BCUT2D eigenvalue weighted by molar-refractivity contribution is 0.826. The molecule has 0 aliphatic heterocycles. The monoisotopic (exact) mass is 272 g/mol. The third-order valence-electron chi connectivity index (χ3n) is 3.01. The molecule has 2 aromatic rings. The standard InChI is InChI=1S/C16H17ClN2/c1-10(2)16-13(5-4-8-19-16)12-6-7-15(17)14(9-12)11(3)18/h4-10H,3,18H2,1-2H3. The van der Waals surface area contributed by atoms with Gasteiger partial charge in [-0.3, -0.25) is 4.98 Å². The van der Waals surface area contributed by atoms with Gasteiger partial charge < -0.3 is 5.73 Å². The average Bonchev–Trinajstić information content (AvgIpc) is 2.39. The maximum absolute atomic E-state index is 6.12. The molecule has 19 heavy (non-hydrogen) atoms. The van der Waals surface area contributed by atoms with E-state index in [2.05, 4.69) is 31.5 Å². The van der Waals surface area contributed by atoms with Crippen molar-refractivity contribution >= 4 is 17.3 Å². The van der Waals surface area contributed by atoms with Gasteiger partial charge in [-0.15, -0.1) is 0 Å². The molecule has 1 heterocycles. The van der Waals surface area contributed by atoms with Crippen LogP contribution in [0.25, 0.3) is 16.8 Å².